The molecule has 1 aromatic heterocycles. The molecule has 4 nitrogen and oxygen atoms in total. The molecular formula is C11H14BrNO3. The predicted octanol–water partition coefficient (Wildman–Crippen LogP) is 2.19. The van der Waals surface area contributed by atoms with Crippen LogP contribution in [0.25, 0.3) is 0 Å². The number of likely N-dealkylation sites (tertiary alicyclic amines) is 1. The lowest BCUT2D eigenvalue weighted by Gasteiger charge is -2.40. The Kier molecular flexibility index (Phi) is 3.35. The summed E-state index contributed by atoms with van der Waals surface area (Å²) in [5, 5.41) is 8.86. The van der Waals surface area contributed by atoms with Gasteiger partial charge in [0, 0.05) is 13.1 Å². The highest BCUT2D eigenvalue weighted by molar-refractivity contribution is 9.10. The van der Waals surface area contributed by atoms with Crippen molar-refractivity contribution in [3.8, 4) is 0 Å². The van der Waals surface area contributed by atoms with E-state index in [1.54, 1.807) is 13.2 Å². The number of nitrogens with zero attached hydrogens (tertiary/aromatic N) is 1. The Morgan fingerprint density at radius 3 is 2.94 bits per heavy atom. The number of aliphatic carboxylic acids is 1. The lowest BCUT2D eigenvalue weighted by Crippen LogP contribution is -2.50. The van der Waals surface area contributed by atoms with Crippen molar-refractivity contribution in [1.29, 1.82) is 0 Å². The first-order valence-electron chi connectivity index (χ1n) is 5.25. The second-order valence-corrected chi connectivity index (χ2v) is 5.13. The topological polar surface area (TPSA) is 53.7 Å². The first kappa shape index (κ1) is 11.7. The number of carboxylic acid groups (broad SMARTS) is 1. The summed E-state index contributed by atoms with van der Waals surface area (Å²) in [6.07, 6.45) is 1.65. The Morgan fingerprint density at radius 1 is 1.75 bits per heavy atom. The van der Waals surface area contributed by atoms with Crippen LogP contribution in [-0.2, 0) is 11.3 Å². The van der Waals surface area contributed by atoms with Crippen molar-refractivity contribution in [3.63, 3.8) is 0 Å². The minimum Gasteiger partial charge on any atom is -0.481 e. The van der Waals surface area contributed by atoms with Crippen molar-refractivity contribution in [2.75, 3.05) is 13.1 Å². The fraction of sp³-hybridized carbons (Fsp3) is 0.545. The Balaban J connectivity index is 1.81. The number of rotatable bonds is 4. The zero-order chi connectivity index (χ0) is 11.7. The van der Waals surface area contributed by atoms with Gasteiger partial charge in [-0.05, 0) is 27.9 Å². The van der Waals surface area contributed by atoms with Crippen LogP contribution in [0.4, 0.5) is 0 Å². The van der Waals surface area contributed by atoms with E-state index in [1.165, 1.54) is 0 Å². The third-order valence-corrected chi connectivity index (χ3v) is 3.85. The molecule has 0 amide bonds. The summed E-state index contributed by atoms with van der Waals surface area (Å²) in [5.74, 6) is 0.216. The van der Waals surface area contributed by atoms with Gasteiger partial charge in [-0.1, -0.05) is 6.92 Å². The number of halogens is 1. The molecule has 0 spiro atoms. The van der Waals surface area contributed by atoms with Crippen LogP contribution in [0, 0.1) is 11.8 Å². The van der Waals surface area contributed by atoms with E-state index >= 15 is 0 Å². The smallest absolute Gasteiger partial charge is 0.306 e. The number of hydrogen-bond donors (Lipinski definition) is 1. The molecule has 0 saturated carbocycles. The van der Waals surface area contributed by atoms with Gasteiger partial charge in [0.25, 0.3) is 0 Å². The fourth-order valence-corrected chi connectivity index (χ4v) is 2.22. The average Bonchev–Trinajstić information content (AvgIpc) is 2.56. The van der Waals surface area contributed by atoms with Gasteiger partial charge in [0.2, 0.25) is 0 Å². The van der Waals surface area contributed by atoms with Crippen molar-refractivity contribution in [3.05, 3.63) is 22.6 Å². The molecule has 1 saturated heterocycles. The number of hydrogen-bond acceptors (Lipinski definition) is 3. The zero-order valence-electron chi connectivity index (χ0n) is 9.02. The summed E-state index contributed by atoms with van der Waals surface area (Å²) in [6, 6.07) is 1.87. The number of carbonyl (C=O) groups is 1. The van der Waals surface area contributed by atoms with E-state index in [2.05, 4.69) is 20.8 Å². The Morgan fingerprint density at radius 2 is 2.44 bits per heavy atom. The lowest BCUT2D eigenvalue weighted by atomic mass is 9.87. The van der Waals surface area contributed by atoms with E-state index in [0.29, 0.717) is 0 Å². The van der Waals surface area contributed by atoms with Crippen molar-refractivity contribution in [2.45, 2.75) is 13.5 Å². The van der Waals surface area contributed by atoms with Crippen molar-refractivity contribution in [1.82, 2.24) is 4.90 Å². The fourth-order valence-electron chi connectivity index (χ4n) is 1.90. The standard InChI is InChI=1S/C11H14BrNO3/c1-7(11(14)15)8-4-13(5-8)6-10-9(12)2-3-16-10/h2-3,7-8H,4-6H2,1H3,(H,14,15). The second-order valence-electron chi connectivity index (χ2n) is 4.27. The van der Waals surface area contributed by atoms with Gasteiger partial charge >= 0.3 is 5.97 Å². The summed E-state index contributed by atoms with van der Waals surface area (Å²) < 4.78 is 6.28. The Hall–Kier alpha value is -0.810. The van der Waals surface area contributed by atoms with Gasteiger partial charge in [-0.15, -0.1) is 0 Å². The van der Waals surface area contributed by atoms with Crippen LogP contribution in [0.2, 0.25) is 0 Å². The van der Waals surface area contributed by atoms with E-state index in [-0.39, 0.29) is 11.8 Å². The molecule has 2 heterocycles. The molecule has 16 heavy (non-hydrogen) atoms. The Bertz CT molecular complexity index is 384. The number of carboxylic acids is 1. The maximum atomic E-state index is 10.8. The molecule has 1 fully saturated rings. The normalized spacial score (nSPS) is 19.4. The molecule has 0 bridgehead atoms. The Labute approximate surface area is 102 Å². The molecule has 1 aliphatic heterocycles. The van der Waals surface area contributed by atoms with Gasteiger partial charge in [0.05, 0.1) is 23.2 Å². The van der Waals surface area contributed by atoms with E-state index in [0.717, 1.165) is 29.9 Å². The highest BCUT2D eigenvalue weighted by Crippen LogP contribution is 2.27. The molecule has 88 valence electrons. The maximum Gasteiger partial charge on any atom is 0.306 e. The van der Waals surface area contributed by atoms with Crippen molar-refractivity contribution < 1.29 is 14.3 Å². The van der Waals surface area contributed by atoms with Gasteiger partial charge in [-0.25, -0.2) is 0 Å². The molecule has 2 rings (SSSR count). The summed E-state index contributed by atoms with van der Waals surface area (Å²) in [7, 11) is 0. The highest BCUT2D eigenvalue weighted by Gasteiger charge is 2.34. The minimum absolute atomic E-state index is 0.253. The molecule has 0 aromatic carbocycles. The van der Waals surface area contributed by atoms with Crippen LogP contribution < -0.4 is 0 Å². The van der Waals surface area contributed by atoms with Crippen molar-refractivity contribution >= 4 is 21.9 Å². The summed E-state index contributed by atoms with van der Waals surface area (Å²) in [6.45, 7) is 4.19. The van der Waals surface area contributed by atoms with E-state index in [4.69, 9.17) is 9.52 Å². The van der Waals surface area contributed by atoms with Gasteiger partial charge in [0.1, 0.15) is 5.76 Å². The van der Waals surface area contributed by atoms with Gasteiger partial charge in [-0.2, -0.15) is 0 Å². The van der Waals surface area contributed by atoms with E-state index in [1.807, 2.05) is 6.07 Å². The first-order chi connectivity index (χ1) is 7.58. The quantitative estimate of drug-likeness (QED) is 0.922. The molecule has 1 aromatic rings. The number of furan rings is 1. The third-order valence-electron chi connectivity index (χ3n) is 3.14. The molecular weight excluding hydrogens is 274 g/mol. The van der Waals surface area contributed by atoms with Crippen LogP contribution in [0.1, 0.15) is 12.7 Å². The van der Waals surface area contributed by atoms with Crippen LogP contribution >= 0.6 is 15.9 Å². The molecule has 0 aliphatic carbocycles. The summed E-state index contributed by atoms with van der Waals surface area (Å²) in [4.78, 5) is 13.0. The summed E-state index contributed by atoms with van der Waals surface area (Å²) >= 11 is 3.40. The first-order valence-corrected chi connectivity index (χ1v) is 6.04. The summed E-state index contributed by atoms with van der Waals surface area (Å²) in [5.41, 5.74) is 0. The largest absolute Gasteiger partial charge is 0.481 e. The lowest BCUT2D eigenvalue weighted by molar-refractivity contribution is -0.145. The van der Waals surface area contributed by atoms with Crippen LogP contribution in [0.5, 0.6) is 0 Å². The monoisotopic (exact) mass is 287 g/mol. The van der Waals surface area contributed by atoms with Crippen LogP contribution in [0.3, 0.4) is 0 Å². The van der Waals surface area contributed by atoms with Gasteiger partial charge < -0.3 is 9.52 Å². The molecule has 1 aliphatic rings. The van der Waals surface area contributed by atoms with E-state index in [9.17, 15) is 4.79 Å². The molecule has 1 unspecified atom stereocenters. The SMILES string of the molecule is CC(C(=O)O)C1CN(Cc2occc2Br)C1. The van der Waals surface area contributed by atoms with Gasteiger partial charge in [-0.3, -0.25) is 9.69 Å². The molecule has 1 atom stereocenters. The second kappa shape index (κ2) is 4.59. The molecule has 0 radical (unpaired) electrons. The van der Waals surface area contributed by atoms with Crippen LogP contribution in [0.15, 0.2) is 21.2 Å². The molecule has 1 N–H and O–H groups in total. The van der Waals surface area contributed by atoms with Gasteiger partial charge in [0.15, 0.2) is 0 Å². The van der Waals surface area contributed by atoms with Crippen LogP contribution in [-0.4, -0.2) is 29.1 Å². The minimum atomic E-state index is -0.705. The molecule has 5 heteroatoms. The maximum absolute atomic E-state index is 10.8. The van der Waals surface area contributed by atoms with Crippen molar-refractivity contribution in [2.24, 2.45) is 11.8 Å². The van der Waals surface area contributed by atoms with E-state index < -0.39 is 5.97 Å². The highest BCUT2D eigenvalue weighted by atomic mass is 79.9. The third kappa shape index (κ3) is 2.30. The average molecular weight is 288 g/mol. The zero-order valence-corrected chi connectivity index (χ0v) is 10.6. The predicted molar refractivity (Wildman–Crippen MR) is 62.0 cm³/mol.